The minimum Gasteiger partial charge on any atom is -0.343 e. The molecule has 1 amide bonds. The molecule has 2 aliphatic rings. The second-order valence-electron chi connectivity index (χ2n) is 6.00. The average molecular weight is 342 g/mol. The highest BCUT2D eigenvalue weighted by atomic mass is 32.2. The van der Waals surface area contributed by atoms with Crippen LogP contribution in [-0.2, 0) is 14.8 Å². The molecule has 2 fully saturated rings. The summed E-state index contributed by atoms with van der Waals surface area (Å²) in [6.45, 7) is 2.10. The van der Waals surface area contributed by atoms with Crippen LogP contribution >= 0.6 is 11.3 Å². The van der Waals surface area contributed by atoms with Crippen molar-refractivity contribution in [3.8, 4) is 0 Å². The van der Waals surface area contributed by atoms with Gasteiger partial charge in [-0.1, -0.05) is 6.42 Å². The molecular weight excluding hydrogens is 320 g/mol. The molecule has 0 spiro atoms. The topological polar surface area (TPSA) is 57.7 Å². The second-order valence-corrected chi connectivity index (χ2v) is 8.67. The Hall–Kier alpha value is -0.920. The highest BCUT2D eigenvalue weighted by molar-refractivity contribution is 7.89. The second kappa shape index (κ2) is 6.68. The molecule has 3 rings (SSSR count). The summed E-state index contributed by atoms with van der Waals surface area (Å²) in [7, 11) is -3.39. The van der Waals surface area contributed by atoms with Gasteiger partial charge in [-0.25, -0.2) is 8.42 Å². The van der Waals surface area contributed by atoms with Gasteiger partial charge in [-0.15, -0.1) is 0 Å². The number of hydrogen-bond acceptors (Lipinski definition) is 4. The fraction of sp³-hybridized carbons (Fsp3) is 0.667. The molecule has 0 aromatic carbocycles. The minimum atomic E-state index is -3.39. The van der Waals surface area contributed by atoms with Crippen molar-refractivity contribution in [3.05, 3.63) is 16.8 Å². The molecule has 3 heterocycles. The fourth-order valence-electron chi connectivity index (χ4n) is 3.36. The lowest BCUT2D eigenvalue weighted by Crippen LogP contribution is -2.45. The van der Waals surface area contributed by atoms with E-state index in [1.165, 1.54) is 11.3 Å². The van der Waals surface area contributed by atoms with Crippen LogP contribution in [0.5, 0.6) is 0 Å². The molecule has 22 heavy (non-hydrogen) atoms. The van der Waals surface area contributed by atoms with Gasteiger partial charge in [-0.05, 0) is 37.1 Å². The molecule has 122 valence electrons. The van der Waals surface area contributed by atoms with Gasteiger partial charge in [0.1, 0.15) is 0 Å². The van der Waals surface area contributed by atoms with Crippen molar-refractivity contribution in [3.63, 3.8) is 0 Å². The quantitative estimate of drug-likeness (QED) is 0.825. The maximum absolute atomic E-state index is 12.8. The Labute approximate surface area is 136 Å². The molecule has 1 aromatic rings. The van der Waals surface area contributed by atoms with Crippen molar-refractivity contribution in [1.82, 2.24) is 9.21 Å². The predicted molar refractivity (Wildman–Crippen MR) is 86.3 cm³/mol. The summed E-state index contributed by atoms with van der Waals surface area (Å²) in [4.78, 5) is 14.0. The summed E-state index contributed by atoms with van der Waals surface area (Å²) in [6, 6.07) is 1.70. The molecule has 2 saturated heterocycles. The summed E-state index contributed by atoms with van der Waals surface area (Å²) in [5.41, 5.74) is 0. The Balaban J connectivity index is 1.70. The number of carbonyl (C=O) groups excluding carboxylic acids is 1. The number of nitrogens with zero attached hydrogens (tertiary/aromatic N) is 2. The van der Waals surface area contributed by atoms with Gasteiger partial charge >= 0.3 is 0 Å². The molecule has 0 aliphatic carbocycles. The molecule has 2 aliphatic heterocycles. The number of rotatable bonds is 5. The van der Waals surface area contributed by atoms with E-state index < -0.39 is 10.0 Å². The van der Waals surface area contributed by atoms with Crippen LogP contribution < -0.4 is 0 Å². The predicted octanol–water partition coefficient (Wildman–Crippen LogP) is 2.30. The van der Waals surface area contributed by atoms with Crippen LogP contribution in [0.1, 0.15) is 38.5 Å². The number of amides is 1. The Bertz CT molecular complexity index is 613. The van der Waals surface area contributed by atoms with Gasteiger partial charge in [0.15, 0.2) is 0 Å². The lowest BCUT2D eigenvalue weighted by molar-refractivity contribution is -0.127. The van der Waals surface area contributed by atoms with Crippen molar-refractivity contribution in [2.24, 2.45) is 0 Å². The third kappa shape index (κ3) is 3.21. The highest BCUT2D eigenvalue weighted by Gasteiger charge is 2.34. The maximum Gasteiger partial charge on any atom is 0.244 e. The van der Waals surface area contributed by atoms with E-state index in [9.17, 15) is 13.2 Å². The molecule has 7 heteroatoms. The zero-order valence-electron chi connectivity index (χ0n) is 12.6. The van der Waals surface area contributed by atoms with Crippen molar-refractivity contribution in [2.75, 3.05) is 19.6 Å². The first-order valence-corrected chi connectivity index (χ1v) is 10.3. The SMILES string of the molecule is O=C1CCCN1CCC1CCCCN1S(=O)(=O)c1ccsc1. The highest BCUT2D eigenvalue weighted by Crippen LogP contribution is 2.28. The minimum absolute atomic E-state index is 0.0204. The van der Waals surface area contributed by atoms with Crippen molar-refractivity contribution in [1.29, 1.82) is 0 Å². The third-order valence-electron chi connectivity index (χ3n) is 4.58. The van der Waals surface area contributed by atoms with Gasteiger partial charge in [0.2, 0.25) is 15.9 Å². The Morgan fingerprint density at radius 3 is 2.77 bits per heavy atom. The number of thiophene rings is 1. The van der Waals surface area contributed by atoms with Gasteiger partial charge in [-0.2, -0.15) is 15.6 Å². The number of piperidine rings is 1. The molecule has 1 unspecified atom stereocenters. The van der Waals surface area contributed by atoms with Crippen LogP contribution in [0.3, 0.4) is 0 Å². The van der Waals surface area contributed by atoms with E-state index in [2.05, 4.69) is 0 Å². The summed E-state index contributed by atoms with van der Waals surface area (Å²) < 4.78 is 27.2. The molecule has 0 radical (unpaired) electrons. The molecule has 0 bridgehead atoms. The zero-order chi connectivity index (χ0) is 15.6. The molecule has 1 aromatic heterocycles. The van der Waals surface area contributed by atoms with Gasteiger partial charge in [0, 0.05) is 37.5 Å². The average Bonchev–Trinajstić information content (AvgIpc) is 3.17. The zero-order valence-corrected chi connectivity index (χ0v) is 14.2. The van der Waals surface area contributed by atoms with Crippen LogP contribution in [0.25, 0.3) is 0 Å². The molecule has 5 nitrogen and oxygen atoms in total. The number of carbonyl (C=O) groups is 1. The number of sulfonamides is 1. The van der Waals surface area contributed by atoms with Crippen LogP contribution in [-0.4, -0.2) is 49.2 Å². The van der Waals surface area contributed by atoms with Crippen molar-refractivity contribution in [2.45, 2.75) is 49.5 Å². The lowest BCUT2D eigenvalue weighted by Gasteiger charge is -2.35. The van der Waals surface area contributed by atoms with Gasteiger partial charge in [-0.3, -0.25) is 4.79 Å². The van der Waals surface area contributed by atoms with Crippen molar-refractivity contribution < 1.29 is 13.2 Å². The van der Waals surface area contributed by atoms with E-state index >= 15 is 0 Å². The summed E-state index contributed by atoms with van der Waals surface area (Å²) >= 11 is 1.41. The van der Waals surface area contributed by atoms with E-state index in [1.54, 1.807) is 21.1 Å². The number of likely N-dealkylation sites (tertiary alicyclic amines) is 1. The van der Waals surface area contributed by atoms with Crippen molar-refractivity contribution >= 4 is 27.3 Å². The first kappa shape index (κ1) is 16.0. The van der Waals surface area contributed by atoms with Crippen LogP contribution in [0.2, 0.25) is 0 Å². The summed E-state index contributed by atoms with van der Waals surface area (Å²) in [5.74, 6) is 0.211. The maximum atomic E-state index is 12.8. The standard InChI is InChI=1S/C15H22N2O3S2/c18-15-5-3-8-16(15)10-6-13-4-1-2-9-17(13)22(19,20)14-7-11-21-12-14/h7,11-13H,1-6,8-10H2. The Kier molecular flexibility index (Phi) is 4.84. The van der Waals surface area contributed by atoms with E-state index in [-0.39, 0.29) is 11.9 Å². The lowest BCUT2D eigenvalue weighted by atomic mass is 10.0. The van der Waals surface area contributed by atoms with Gasteiger partial charge in [0.05, 0.1) is 4.90 Å². The summed E-state index contributed by atoms with van der Waals surface area (Å²) in [6.07, 6.45) is 5.19. The first-order valence-electron chi connectivity index (χ1n) is 7.91. The van der Waals surface area contributed by atoms with E-state index in [0.717, 1.165) is 38.6 Å². The first-order chi connectivity index (χ1) is 10.6. The van der Waals surface area contributed by atoms with Gasteiger partial charge in [0.25, 0.3) is 0 Å². The van der Waals surface area contributed by atoms with E-state index in [1.807, 2.05) is 4.90 Å². The van der Waals surface area contributed by atoms with E-state index in [4.69, 9.17) is 0 Å². The Morgan fingerprint density at radius 1 is 1.23 bits per heavy atom. The molecular formula is C15H22N2O3S2. The normalized spacial score (nSPS) is 24.1. The van der Waals surface area contributed by atoms with Crippen LogP contribution in [0, 0.1) is 0 Å². The largest absolute Gasteiger partial charge is 0.343 e. The molecule has 0 N–H and O–H groups in total. The smallest absolute Gasteiger partial charge is 0.244 e. The third-order valence-corrected chi connectivity index (χ3v) is 7.36. The monoisotopic (exact) mass is 342 g/mol. The summed E-state index contributed by atoms with van der Waals surface area (Å²) in [5, 5.41) is 3.50. The molecule has 1 atom stereocenters. The fourth-order valence-corrected chi connectivity index (χ4v) is 6.10. The number of hydrogen-bond donors (Lipinski definition) is 0. The van der Waals surface area contributed by atoms with Crippen LogP contribution in [0.15, 0.2) is 21.7 Å². The molecule has 0 saturated carbocycles. The van der Waals surface area contributed by atoms with Crippen LogP contribution in [0.4, 0.5) is 0 Å². The van der Waals surface area contributed by atoms with E-state index in [0.29, 0.717) is 24.4 Å². The Morgan fingerprint density at radius 2 is 2.09 bits per heavy atom. The van der Waals surface area contributed by atoms with Gasteiger partial charge < -0.3 is 4.90 Å².